The van der Waals surface area contributed by atoms with Crippen LogP contribution in [0.25, 0.3) is 16.9 Å². The van der Waals surface area contributed by atoms with Crippen molar-refractivity contribution in [3.05, 3.63) is 71.2 Å². The van der Waals surface area contributed by atoms with Crippen LogP contribution in [-0.2, 0) is 11.3 Å². The first-order valence-electron chi connectivity index (χ1n) is 11.2. The van der Waals surface area contributed by atoms with Gasteiger partial charge in [0, 0.05) is 24.7 Å². The van der Waals surface area contributed by atoms with Gasteiger partial charge in [-0.25, -0.2) is 9.50 Å². The number of carbonyl (C=O) groups is 2. The Bertz CT molecular complexity index is 1480. The molecular weight excluding hydrogens is 489 g/mol. The Morgan fingerprint density at radius 3 is 2.57 bits per heavy atom. The van der Waals surface area contributed by atoms with Crippen molar-refractivity contribution < 1.29 is 27.5 Å². The van der Waals surface area contributed by atoms with Crippen molar-refractivity contribution in [2.45, 2.75) is 33.5 Å². The molecule has 1 aromatic carbocycles. The maximum atomic E-state index is 13.0. The van der Waals surface area contributed by atoms with Crippen molar-refractivity contribution in [2.75, 3.05) is 11.9 Å². The van der Waals surface area contributed by atoms with Gasteiger partial charge in [-0.15, -0.1) is 0 Å². The number of hydrogen-bond acceptors (Lipinski definition) is 6. The predicted molar refractivity (Wildman–Crippen MR) is 129 cm³/mol. The van der Waals surface area contributed by atoms with E-state index in [-0.39, 0.29) is 18.2 Å². The van der Waals surface area contributed by atoms with E-state index < -0.39 is 18.7 Å². The molecule has 0 radical (unpaired) electrons. The third-order valence-corrected chi connectivity index (χ3v) is 5.30. The van der Waals surface area contributed by atoms with Crippen molar-refractivity contribution in [2.24, 2.45) is 0 Å². The summed E-state index contributed by atoms with van der Waals surface area (Å²) in [5, 5.41) is 9.92. The molecule has 0 saturated heterocycles. The number of hydrogen-bond donors (Lipinski definition) is 2. The molecule has 3 heterocycles. The molecule has 0 atom stereocenters. The Morgan fingerprint density at radius 1 is 1.05 bits per heavy atom. The van der Waals surface area contributed by atoms with Crippen LogP contribution in [-0.4, -0.2) is 44.2 Å². The minimum absolute atomic E-state index is 0.0576. The molecule has 0 spiro atoms. The fourth-order valence-corrected chi connectivity index (χ4v) is 3.67. The van der Waals surface area contributed by atoms with Gasteiger partial charge in [0.2, 0.25) is 5.91 Å². The molecular formula is C25H23F3N6O3. The van der Waals surface area contributed by atoms with E-state index in [1.165, 1.54) is 23.6 Å². The van der Waals surface area contributed by atoms with Gasteiger partial charge in [0.05, 0.1) is 23.1 Å². The van der Waals surface area contributed by atoms with Gasteiger partial charge in [-0.3, -0.25) is 14.6 Å². The summed E-state index contributed by atoms with van der Waals surface area (Å²) in [5.41, 5.74) is 3.80. The van der Waals surface area contributed by atoms with Gasteiger partial charge >= 0.3 is 6.18 Å². The van der Waals surface area contributed by atoms with Crippen LogP contribution in [0.15, 0.2) is 48.7 Å². The van der Waals surface area contributed by atoms with E-state index in [0.29, 0.717) is 45.2 Å². The summed E-state index contributed by atoms with van der Waals surface area (Å²) in [6.07, 6.45) is -2.86. The number of nitrogens with zero attached hydrogens (tertiary/aromatic N) is 4. The number of rotatable bonds is 7. The molecule has 12 heteroatoms. The molecule has 0 aliphatic carbocycles. The number of imidazole rings is 1. The molecule has 0 saturated carbocycles. The van der Waals surface area contributed by atoms with Crippen LogP contribution in [0.2, 0.25) is 0 Å². The number of pyridine rings is 1. The first-order chi connectivity index (χ1) is 17.5. The lowest BCUT2D eigenvalue weighted by Crippen LogP contribution is -2.24. The maximum Gasteiger partial charge on any atom is 0.422 e. The number of carbonyl (C=O) groups excluding carboxylic acids is 2. The largest absolute Gasteiger partial charge is 0.484 e. The van der Waals surface area contributed by atoms with Crippen LogP contribution < -0.4 is 15.4 Å². The molecule has 2 amide bonds. The highest BCUT2D eigenvalue weighted by Crippen LogP contribution is 2.24. The average Bonchev–Trinajstić information content (AvgIpc) is 3.22. The normalized spacial score (nSPS) is 11.4. The van der Waals surface area contributed by atoms with Crippen molar-refractivity contribution in [1.29, 1.82) is 0 Å². The summed E-state index contributed by atoms with van der Waals surface area (Å²) in [6, 6.07) is 11.3. The highest BCUT2D eigenvalue weighted by Gasteiger charge is 2.28. The molecule has 37 heavy (non-hydrogen) atoms. The molecule has 9 nitrogen and oxygen atoms in total. The molecule has 0 fully saturated rings. The van der Waals surface area contributed by atoms with Crippen LogP contribution >= 0.6 is 0 Å². The number of benzene rings is 1. The second-order valence-electron chi connectivity index (χ2n) is 8.32. The lowest BCUT2D eigenvalue weighted by Gasteiger charge is -2.13. The third kappa shape index (κ3) is 6.40. The summed E-state index contributed by atoms with van der Waals surface area (Å²) in [4.78, 5) is 33.1. The monoisotopic (exact) mass is 512 g/mol. The zero-order chi connectivity index (χ0) is 26.7. The molecule has 4 aromatic rings. The van der Waals surface area contributed by atoms with E-state index in [0.717, 1.165) is 0 Å². The first-order valence-corrected chi connectivity index (χ1v) is 11.2. The lowest BCUT2D eigenvalue weighted by atomic mass is 10.0. The van der Waals surface area contributed by atoms with Crippen molar-refractivity contribution >= 4 is 23.3 Å². The smallest absolute Gasteiger partial charge is 0.422 e. The van der Waals surface area contributed by atoms with E-state index in [4.69, 9.17) is 4.74 Å². The number of alkyl halides is 3. The van der Waals surface area contributed by atoms with Crippen molar-refractivity contribution in [1.82, 2.24) is 24.9 Å². The van der Waals surface area contributed by atoms with Gasteiger partial charge in [-0.05, 0) is 49.7 Å². The highest BCUT2D eigenvalue weighted by atomic mass is 19.4. The Hall–Kier alpha value is -4.48. The minimum atomic E-state index is -4.44. The Morgan fingerprint density at radius 2 is 1.84 bits per heavy atom. The topological polar surface area (TPSA) is 111 Å². The quantitative estimate of drug-likeness (QED) is 0.383. The fraction of sp³-hybridized carbons (Fsp3) is 0.240. The molecule has 2 N–H and O–H groups in total. The summed E-state index contributed by atoms with van der Waals surface area (Å²) in [6.45, 7) is 3.58. The maximum absolute atomic E-state index is 13.0. The van der Waals surface area contributed by atoms with Gasteiger partial charge in [-0.2, -0.15) is 18.3 Å². The molecule has 0 aliphatic rings. The SMILES string of the molecule is CC(=O)Nc1cn2nc(-c3cc(C(=O)NCc4cccc(OCC(F)(F)F)c4)c(C)nc3C)ccc2n1. The van der Waals surface area contributed by atoms with E-state index in [1.54, 1.807) is 50.4 Å². The number of aromatic nitrogens is 4. The standard InChI is InChI=1S/C25H23F3N6O3/c1-14-19(21-7-8-23-32-22(31-16(3)35)12-34(23)33-21)10-20(15(2)30-14)24(36)29-11-17-5-4-6-18(9-17)37-13-25(26,27)28/h4-10,12H,11,13H2,1-3H3,(H,29,36)(H,31,35). The highest BCUT2D eigenvalue weighted by molar-refractivity contribution is 5.96. The number of nitrogens with one attached hydrogen (secondary N) is 2. The summed E-state index contributed by atoms with van der Waals surface area (Å²) in [7, 11) is 0. The van der Waals surface area contributed by atoms with Gasteiger partial charge in [0.15, 0.2) is 18.1 Å². The van der Waals surface area contributed by atoms with Gasteiger partial charge in [0.25, 0.3) is 5.91 Å². The number of anilines is 1. The Balaban J connectivity index is 1.53. The predicted octanol–water partition coefficient (Wildman–Crippen LogP) is 4.24. The average molecular weight is 512 g/mol. The number of halogens is 3. The van der Waals surface area contributed by atoms with Crippen LogP contribution in [0.5, 0.6) is 5.75 Å². The van der Waals surface area contributed by atoms with Crippen LogP contribution in [0.1, 0.15) is 34.2 Å². The number of aryl methyl sites for hydroxylation is 2. The van der Waals surface area contributed by atoms with Crippen molar-refractivity contribution in [3.8, 4) is 17.0 Å². The molecule has 192 valence electrons. The van der Waals surface area contributed by atoms with Crippen LogP contribution in [0.3, 0.4) is 0 Å². The van der Waals surface area contributed by atoms with E-state index in [9.17, 15) is 22.8 Å². The van der Waals surface area contributed by atoms with Gasteiger partial charge < -0.3 is 15.4 Å². The second kappa shape index (κ2) is 10.2. The lowest BCUT2D eigenvalue weighted by molar-refractivity contribution is -0.153. The summed E-state index contributed by atoms with van der Waals surface area (Å²) >= 11 is 0. The van der Waals surface area contributed by atoms with E-state index >= 15 is 0 Å². The molecule has 3 aromatic heterocycles. The van der Waals surface area contributed by atoms with E-state index in [1.807, 2.05) is 0 Å². The minimum Gasteiger partial charge on any atom is -0.484 e. The Labute approximate surface area is 209 Å². The zero-order valence-electron chi connectivity index (χ0n) is 20.2. The van der Waals surface area contributed by atoms with Gasteiger partial charge in [0.1, 0.15) is 5.75 Å². The fourth-order valence-electron chi connectivity index (χ4n) is 3.67. The molecule has 0 unspecified atom stereocenters. The molecule has 4 rings (SSSR count). The third-order valence-electron chi connectivity index (χ3n) is 5.30. The summed E-state index contributed by atoms with van der Waals surface area (Å²) < 4.78 is 43.5. The first kappa shape index (κ1) is 25.6. The Kier molecular flexibility index (Phi) is 7.09. The zero-order valence-corrected chi connectivity index (χ0v) is 20.2. The van der Waals surface area contributed by atoms with Crippen LogP contribution in [0.4, 0.5) is 19.0 Å². The van der Waals surface area contributed by atoms with Crippen LogP contribution in [0, 0.1) is 13.8 Å². The van der Waals surface area contributed by atoms with E-state index in [2.05, 4.69) is 25.7 Å². The number of amides is 2. The number of ether oxygens (including phenoxy) is 1. The second-order valence-corrected chi connectivity index (χ2v) is 8.32. The summed E-state index contributed by atoms with van der Waals surface area (Å²) in [5.74, 6) is -0.228. The van der Waals surface area contributed by atoms with Gasteiger partial charge in [-0.1, -0.05) is 12.1 Å². The number of fused-ring (bicyclic) bond motifs is 1. The molecule has 0 aliphatic heterocycles. The molecule has 0 bridgehead atoms. The van der Waals surface area contributed by atoms with Crippen molar-refractivity contribution in [3.63, 3.8) is 0 Å².